The van der Waals surface area contributed by atoms with E-state index in [9.17, 15) is 19.6 Å². The maximum atomic E-state index is 17.7. The molecule has 1 N–H and O–H groups in total. The molecule has 2 bridgehead atoms. The largest absolute Gasteiger partial charge is 0.462 e. The van der Waals surface area contributed by atoms with Gasteiger partial charge in [0.25, 0.3) is 0 Å². The second kappa shape index (κ2) is 20.5. The monoisotopic (exact) mass is 981 g/mol. The zero-order chi connectivity index (χ0) is 49.3. The molecule has 2 aromatic carbocycles. The van der Waals surface area contributed by atoms with Crippen LogP contribution in [0.15, 0.2) is 18.2 Å². The van der Waals surface area contributed by atoms with Crippen molar-refractivity contribution in [3.8, 4) is 23.2 Å². The minimum Gasteiger partial charge on any atom is -0.462 e. The molecule has 0 radical (unpaired) electrons. The molecule has 368 valence electrons. The predicted molar refractivity (Wildman–Crippen MR) is 258 cm³/mol. The molecule has 7 rings (SSSR count). The number of carbonyl (C=O) groups excluding carboxylic acids is 3. The SMILES string of the molecule is CC(C)(C)OC(=O)CCOCCCN1CCCC1COc1nc(N2CCC3CC(C2)N(C(=O)OC(C)(C)C)C3)c2cc(Cl)c(-c3ccc(F)c4sc(NC(=O)OC(C)(C)C)c(C#N)c34)c(F)c2n1. The Morgan fingerprint density at radius 3 is 2.40 bits per heavy atom. The summed E-state index contributed by atoms with van der Waals surface area (Å²) in [7, 11) is 0. The minimum absolute atomic E-state index is 0.00992. The molecular weight excluding hydrogens is 920 g/mol. The molecule has 68 heavy (non-hydrogen) atoms. The number of carbonyl (C=O) groups is 3. The van der Waals surface area contributed by atoms with Crippen LogP contribution in [-0.2, 0) is 23.7 Å². The number of likely N-dealkylation sites (tertiary alicyclic amines) is 2. The average Bonchev–Trinajstić information content (AvgIpc) is 3.91. The van der Waals surface area contributed by atoms with E-state index in [2.05, 4.69) is 21.3 Å². The van der Waals surface area contributed by atoms with Crippen molar-refractivity contribution in [1.29, 1.82) is 5.26 Å². The van der Waals surface area contributed by atoms with Crippen molar-refractivity contribution in [3.05, 3.63) is 40.4 Å². The van der Waals surface area contributed by atoms with Gasteiger partial charge in [-0.25, -0.2) is 18.4 Å². The van der Waals surface area contributed by atoms with Crippen molar-refractivity contribution >= 4 is 72.9 Å². The van der Waals surface area contributed by atoms with E-state index >= 15 is 8.78 Å². The Labute approximate surface area is 405 Å². The first-order valence-electron chi connectivity index (χ1n) is 23.2. The third kappa shape index (κ3) is 12.2. The Morgan fingerprint density at radius 1 is 0.956 bits per heavy atom. The lowest BCUT2D eigenvalue weighted by Crippen LogP contribution is -2.46. The summed E-state index contributed by atoms with van der Waals surface area (Å²) >= 11 is 7.90. The molecule has 3 unspecified atom stereocenters. The van der Waals surface area contributed by atoms with Crippen LogP contribution < -0.4 is 15.0 Å². The number of fused-ring (bicyclic) bond motifs is 4. The minimum atomic E-state index is -0.849. The number of amides is 2. The van der Waals surface area contributed by atoms with E-state index in [4.69, 9.17) is 40.3 Å². The lowest BCUT2D eigenvalue weighted by Gasteiger charge is -2.34. The van der Waals surface area contributed by atoms with Crippen LogP contribution in [0.1, 0.15) is 106 Å². The van der Waals surface area contributed by atoms with Crippen molar-refractivity contribution in [2.45, 2.75) is 130 Å². The van der Waals surface area contributed by atoms with Crippen LogP contribution in [0, 0.1) is 28.9 Å². The van der Waals surface area contributed by atoms with Crippen LogP contribution in [0.4, 0.5) is 29.2 Å². The number of nitrogens with one attached hydrogen (secondary N) is 1. The number of thiophene rings is 1. The van der Waals surface area contributed by atoms with Crippen molar-refractivity contribution in [2.24, 2.45) is 5.92 Å². The van der Waals surface area contributed by atoms with Crippen LogP contribution in [0.25, 0.3) is 32.1 Å². The molecule has 3 aliphatic heterocycles. The molecule has 0 saturated carbocycles. The van der Waals surface area contributed by atoms with Gasteiger partial charge in [-0.2, -0.15) is 15.2 Å². The fourth-order valence-electron chi connectivity index (χ4n) is 9.07. The third-order valence-electron chi connectivity index (χ3n) is 11.8. The number of hydrogen-bond donors (Lipinski definition) is 1. The van der Waals surface area contributed by atoms with Gasteiger partial charge in [0.1, 0.15) is 51.6 Å². The van der Waals surface area contributed by atoms with Crippen molar-refractivity contribution in [2.75, 3.05) is 62.8 Å². The third-order valence-corrected chi connectivity index (χ3v) is 13.2. The molecule has 5 heterocycles. The zero-order valence-electron chi connectivity index (χ0n) is 40.4. The summed E-state index contributed by atoms with van der Waals surface area (Å²) < 4.78 is 62.0. The number of nitriles is 1. The number of halogens is 3. The summed E-state index contributed by atoms with van der Waals surface area (Å²) in [5.74, 6) is -1.23. The molecule has 3 fully saturated rings. The van der Waals surface area contributed by atoms with Gasteiger partial charge in [0.2, 0.25) is 0 Å². The summed E-state index contributed by atoms with van der Waals surface area (Å²) in [6, 6.07) is 5.92. The van der Waals surface area contributed by atoms with Crippen LogP contribution >= 0.6 is 22.9 Å². The highest BCUT2D eigenvalue weighted by Gasteiger charge is 2.41. The Balaban J connectivity index is 1.21. The number of benzene rings is 2. The van der Waals surface area contributed by atoms with E-state index in [0.29, 0.717) is 37.4 Å². The Hall–Kier alpha value is -5.09. The van der Waals surface area contributed by atoms with E-state index in [1.165, 1.54) is 12.1 Å². The van der Waals surface area contributed by atoms with E-state index in [1.807, 2.05) is 46.4 Å². The molecule has 3 aliphatic rings. The number of aromatic nitrogens is 2. The summed E-state index contributed by atoms with van der Waals surface area (Å²) in [5.41, 5.74) is -2.28. The van der Waals surface area contributed by atoms with Gasteiger partial charge in [0.05, 0.1) is 34.4 Å². The zero-order valence-corrected chi connectivity index (χ0v) is 41.9. The van der Waals surface area contributed by atoms with Crippen LogP contribution in [0.3, 0.4) is 0 Å². The maximum Gasteiger partial charge on any atom is 0.412 e. The molecule has 2 aromatic heterocycles. The van der Waals surface area contributed by atoms with Gasteiger partial charge in [0.15, 0.2) is 5.82 Å². The lowest BCUT2D eigenvalue weighted by molar-refractivity contribution is -0.156. The normalized spacial score (nSPS) is 19.0. The fourth-order valence-corrected chi connectivity index (χ4v) is 10.4. The molecule has 0 spiro atoms. The molecule has 4 aromatic rings. The van der Waals surface area contributed by atoms with Gasteiger partial charge in [-0.3, -0.25) is 15.0 Å². The highest BCUT2D eigenvalue weighted by Crippen LogP contribution is 2.47. The molecule has 19 heteroatoms. The number of rotatable bonds is 13. The van der Waals surface area contributed by atoms with Crippen LogP contribution in [0.2, 0.25) is 5.02 Å². The molecule has 2 amide bonds. The summed E-state index contributed by atoms with van der Waals surface area (Å²) in [4.78, 5) is 54.1. The molecule has 0 aliphatic carbocycles. The number of ether oxygens (including phenoxy) is 5. The summed E-state index contributed by atoms with van der Waals surface area (Å²) in [6.45, 7) is 20.1. The Morgan fingerprint density at radius 2 is 1.69 bits per heavy atom. The van der Waals surface area contributed by atoms with Gasteiger partial charge >= 0.3 is 24.2 Å². The molecular formula is C49H62ClF2N7O8S. The highest BCUT2D eigenvalue weighted by molar-refractivity contribution is 7.23. The summed E-state index contributed by atoms with van der Waals surface area (Å²) in [5, 5.41) is 13.4. The first kappa shape index (κ1) is 50.8. The average molecular weight is 983 g/mol. The first-order valence-corrected chi connectivity index (χ1v) is 24.4. The number of nitrogens with zero attached hydrogens (tertiary/aromatic N) is 6. The van der Waals surface area contributed by atoms with Crippen LogP contribution in [0.5, 0.6) is 6.01 Å². The lowest BCUT2D eigenvalue weighted by atomic mass is 9.97. The van der Waals surface area contributed by atoms with E-state index < -0.39 is 40.6 Å². The second-order valence-corrected chi connectivity index (χ2v) is 22.1. The molecule has 3 atom stereocenters. The maximum absolute atomic E-state index is 17.7. The standard InChI is InChI=1S/C49H62ClF2N7O8S/c1-47(2,3)65-36(60)16-21-63-20-11-18-57-17-10-12-29(57)27-64-44-54-40-32(42(55-44)58-19-15-28-22-30(26-58)59(25-28)46(62)67-49(7,8)9)23-34(50)38(39(40)52)31-13-14-35(51)41-37(31)33(24-53)43(68-41)56-45(61)66-48(4,5)6/h13-14,23,28-30H,10-12,15-22,25-27H2,1-9H3,(H,56,61). The number of hydrogen-bond acceptors (Lipinski definition) is 14. The van der Waals surface area contributed by atoms with Gasteiger partial charge < -0.3 is 33.5 Å². The van der Waals surface area contributed by atoms with Crippen molar-refractivity contribution in [3.63, 3.8) is 0 Å². The summed E-state index contributed by atoms with van der Waals surface area (Å²) in [6.07, 6.45) is 2.99. The van der Waals surface area contributed by atoms with E-state index in [-0.39, 0.29) is 91.9 Å². The quantitative estimate of drug-likeness (QED) is 0.0764. The smallest absolute Gasteiger partial charge is 0.412 e. The van der Waals surface area contributed by atoms with E-state index in [0.717, 1.165) is 56.5 Å². The topological polar surface area (TPSA) is 169 Å². The predicted octanol–water partition coefficient (Wildman–Crippen LogP) is 10.5. The second-order valence-electron chi connectivity index (χ2n) is 20.7. The van der Waals surface area contributed by atoms with Crippen LogP contribution in [-0.4, -0.2) is 119 Å². The molecule has 15 nitrogen and oxygen atoms in total. The van der Waals surface area contributed by atoms with Gasteiger partial charge in [-0.05, 0) is 125 Å². The molecule has 3 saturated heterocycles. The van der Waals surface area contributed by atoms with E-state index in [1.54, 1.807) is 31.7 Å². The number of esters is 1. The van der Waals surface area contributed by atoms with Crippen molar-refractivity contribution in [1.82, 2.24) is 19.8 Å². The number of anilines is 2. The van der Waals surface area contributed by atoms with Gasteiger partial charge in [-0.15, -0.1) is 11.3 Å². The Bertz CT molecular complexity index is 2590. The van der Waals surface area contributed by atoms with Gasteiger partial charge in [0, 0.05) is 55.2 Å². The fraction of sp³-hybridized carbons (Fsp3) is 0.592. The highest BCUT2D eigenvalue weighted by atomic mass is 35.5. The van der Waals surface area contributed by atoms with Crippen molar-refractivity contribution < 1.29 is 46.8 Å². The Kier molecular flexibility index (Phi) is 15.3. The van der Waals surface area contributed by atoms with Gasteiger partial charge in [-0.1, -0.05) is 17.7 Å². The first-order chi connectivity index (χ1) is 32.0.